The van der Waals surface area contributed by atoms with Crippen molar-refractivity contribution in [2.24, 2.45) is 0 Å². The lowest BCUT2D eigenvalue weighted by molar-refractivity contribution is -0.154. The monoisotopic (exact) mass is 220 g/mol. The van der Waals surface area contributed by atoms with Gasteiger partial charge in [0, 0.05) is 0 Å². The van der Waals surface area contributed by atoms with Crippen LogP contribution in [0.3, 0.4) is 0 Å². The van der Waals surface area contributed by atoms with Gasteiger partial charge >= 0.3 is 11.9 Å². The second-order valence-corrected chi connectivity index (χ2v) is 3.75. The summed E-state index contributed by atoms with van der Waals surface area (Å²) in [6.07, 6.45) is 0. The van der Waals surface area contributed by atoms with Crippen LogP contribution < -0.4 is 0 Å². The summed E-state index contributed by atoms with van der Waals surface area (Å²) in [5, 5.41) is 8.02. The van der Waals surface area contributed by atoms with Gasteiger partial charge < -0.3 is 9.84 Å². The average Bonchev–Trinajstić information content (AvgIpc) is 1.80. The van der Waals surface area contributed by atoms with Crippen LogP contribution in [0.2, 0.25) is 0 Å². The van der Waals surface area contributed by atoms with Crippen LogP contribution in [0.5, 0.6) is 0 Å². The minimum absolute atomic E-state index is 0.813. The van der Waals surface area contributed by atoms with Crippen LogP contribution in [0, 0.1) is 0 Å². The van der Waals surface area contributed by atoms with Crippen molar-refractivity contribution < 1.29 is 19.4 Å². The third-order valence-electron chi connectivity index (χ3n) is 0.558. The second kappa shape index (κ2) is 3.99. The van der Waals surface area contributed by atoms with Crippen molar-refractivity contribution in [3.63, 3.8) is 0 Å². The van der Waals surface area contributed by atoms with Crippen LogP contribution in [0.15, 0.2) is 0 Å². The first kappa shape index (κ1) is 10.8. The zero-order valence-corrected chi connectivity index (χ0v) is 7.28. The first-order valence-corrected chi connectivity index (χ1v) is 3.43. The van der Waals surface area contributed by atoms with Crippen LogP contribution in [-0.4, -0.2) is 27.4 Å². The van der Waals surface area contributed by atoms with Gasteiger partial charge in [0.25, 0.3) is 3.79 Å². The molecular formula is C4H3Cl3O4. The number of aliphatic carboxylic acids is 1. The van der Waals surface area contributed by atoms with Crippen molar-refractivity contribution in [2.45, 2.75) is 3.79 Å². The van der Waals surface area contributed by atoms with Gasteiger partial charge in [0.1, 0.15) is 0 Å². The number of alkyl halides is 3. The van der Waals surface area contributed by atoms with E-state index in [1.54, 1.807) is 0 Å². The number of hydrogen-bond acceptors (Lipinski definition) is 3. The van der Waals surface area contributed by atoms with Crippen molar-refractivity contribution in [3.05, 3.63) is 0 Å². The maximum absolute atomic E-state index is 10.5. The summed E-state index contributed by atoms with van der Waals surface area (Å²) in [5.41, 5.74) is 0. The van der Waals surface area contributed by atoms with Crippen LogP contribution in [0.4, 0.5) is 0 Å². The summed E-state index contributed by atoms with van der Waals surface area (Å²) in [7, 11) is 0. The maximum atomic E-state index is 10.5. The Morgan fingerprint density at radius 1 is 1.36 bits per heavy atom. The van der Waals surface area contributed by atoms with Gasteiger partial charge in [-0.05, 0) is 0 Å². The largest absolute Gasteiger partial charge is 0.479 e. The third kappa shape index (κ3) is 5.12. The van der Waals surface area contributed by atoms with Gasteiger partial charge in [0.15, 0.2) is 6.61 Å². The van der Waals surface area contributed by atoms with Crippen molar-refractivity contribution in [1.82, 2.24) is 0 Å². The highest BCUT2D eigenvalue weighted by Crippen LogP contribution is 2.27. The fraction of sp³-hybridized carbons (Fsp3) is 0.500. The van der Waals surface area contributed by atoms with Crippen LogP contribution in [-0.2, 0) is 14.3 Å². The molecule has 0 heterocycles. The van der Waals surface area contributed by atoms with E-state index in [0.717, 1.165) is 0 Å². The third-order valence-corrected chi connectivity index (χ3v) is 1.02. The van der Waals surface area contributed by atoms with Gasteiger partial charge in [-0.25, -0.2) is 9.59 Å². The molecule has 0 spiro atoms. The van der Waals surface area contributed by atoms with E-state index in [0.29, 0.717) is 0 Å². The quantitative estimate of drug-likeness (QED) is 0.558. The topological polar surface area (TPSA) is 63.6 Å². The molecule has 0 aliphatic heterocycles. The molecule has 1 N–H and O–H groups in total. The molecule has 0 amide bonds. The summed E-state index contributed by atoms with van der Waals surface area (Å²) in [5.74, 6) is -2.52. The molecule has 0 atom stereocenters. The van der Waals surface area contributed by atoms with E-state index in [4.69, 9.17) is 39.9 Å². The Hall–Kier alpha value is -0.190. The van der Waals surface area contributed by atoms with Gasteiger partial charge in [-0.1, -0.05) is 34.8 Å². The van der Waals surface area contributed by atoms with Crippen molar-refractivity contribution >= 4 is 46.7 Å². The van der Waals surface area contributed by atoms with Crippen LogP contribution in [0.1, 0.15) is 0 Å². The highest BCUT2D eigenvalue weighted by Gasteiger charge is 2.32. The molecule has 0 unspecified atom stereocenters. The smallest absolute Gasteiger partial charge is 0.359 e. The van der Waals surface area contributed by atoms with E-state index >= 15 is 0 Å². The lowest BCUT2D eigenvalue weighted by atomic mass is 10.7. The molecule has 0 aliphatic rings. The summed E-state index contributed by atoms with van der Waals surface area (Å²) in [4.78, 5) is 20.3. The van der Waals surface area contributed by atoms with E-state index in [2.05, 4.69) is 4.74 Å². The van der Waals surface area contributed by atoms with Gasteiger partial charge in [0.05, 0.1) is 0 Å². The summed E-state index contributed by atoms with van der Waals surface area (Å²) in [6.45, 7) is -0.813. The lowest BCUT2D eigenvalue weighted by Gasteiger charge is -2.07. The number of rotatable bonds is 2. The van der Waals surface area contributed by atoms with Crippen molar-refractivity contribution in [1.29, 1.82) is 0 Å². The average molecular weight is 221 g/mol. The fourth-order valence-corrected chi connectivity index (χ4v) is 0.373. The molecule has 64 valence electrons. The molecule has 0 radical (unpaired) electrons. The van der Waals surface area contributed by atoms with Gasteiger partial charge in [-0.15, -0.1) is 0 Å². The SMILES string of the molecule is O=C(O)COC(=O)C(Cl)(Cl)Cl. The summed E-state index contributed by atoms with van der Waals surface area (Å²) in [6, 6.07) is 0. The van der Waals surface area contributed by atoms with Gasteiger partial charge in [-0.3, -0.25) is 0 Å². The molecule has 0 bridgehead atoms. The normalized spacial score (nSPS) is 10.8. The Bertz CT molecular complexity index is 173. The predicted octanol–water partition coefficient (Wildman–Crippen LogP) is 0.984. The van der Waals surface area contributed by atoms with Gasteiger partial charge in [-0.2, -0.15) is 0 Å². The molecule has 4 nitrogen and oxygen atoms in total. The number of carbonyl (C=O) groups is 2. The molecule has 7 heteroatoms. The number of carbonyl (C=O) groups excluding carboxylic acids is 1. The fourth-order valence-electron chi connectivity index (χ4n) is 0.209. The number of halogens is 3. The molecule has 0 rings (SSSR count). The first-order chi connectivity index (χ1) is 4.84. The Labute approximate surface area is 77.0 Å². The number of esters is 1. The molecule has 0 aromatic carbocycles. The molecule has 11 heavy (non-hydrogen) atoms. The standard InChI is InChI=1S/C4H3Cl3O4/c5-4(6,7)3(10)11-1-2(8)9/h1H2,(H,8,9). The first-order valence-electron chi connectivity index (χ1n) is 2.30. The number of hydrogen-bond donors (Lipinski definition) is 1. The molecule has 0 fully saturated rings. The predicted molar refractivity (Wildman–Crippen MR) is 38.9 cm³/mol. The van der Waals surface area contributed by atoms with Crippen LogP contribution >= 0.6 is 34.8 Å². The summed E-state index contributed by atoms with van der Waals surface area (Å²) < 4.78 is 1.82. The Morgan fingerprint density at radius 3 is 2.09 bits per heavy atom. The second-order valence-electron chi connectivity index (χ2n) is 1.47. The number of carboxylic acid groups (broad SMARTS) is 1. The molecule has 0 aromatic heterocycles. The van der Waals surface area contributed by atoms with Crippen LogP contribution in [0.25, 0.3) is 0 Å². The minimum Gasteiger partial charge on any atom is -0.479 e. The van der Waals surface area contributed by atoms with E-state index in [1.807, 2.05) is 0 Å². The Morgan fingerprint density at radius 2 is 1.82 bits per heavy atom. The molecule has 0 aromatic rings. The zero-order valence-electron chi connectivity index (χ0n) is 5.01. The van der Waals surface area contributed by atoms with Crippen molar-refractivity contribution in [2.75, 3.05) is 6.61 Å². The Balaban J connectivity index is 3.80. The van der Waals surface area contributed by atoms with E-state index < -0.39 is 22.3 Å². The highest BCUT2D eigenvalue weighted by atomic mass is 35.6. The van der Waals surface area contributed by atoms with Crippen molar-refractivity contribution in [3.8, 4) is 0 Å². The minimum atomic E-state index is -2.21. The molecule has 0 saturated heterocycles. The number of carboxylic acids is 1. The van der Waals surface area contributed by atoms with E-state index in [-0.39, 0.29) is 0 Å². The van der Waals surface area contributed by atoms with E-state index in [9.17, 15) is 9.59 Å². The highest BCUT2D eigenvalue weighted by molar-refractivity contribution is 6.75. The summed E-state index contributed by atoms with van der Waals surface area (Å²) >= 11 is 15.1. The van der Waals surface area contributed by atoms with Gasteiger partial charge in [0.2, 0.25) is 0 Å². The van der Waals surface area contributed by atoms with E-state index in [1.165, 1.54) is 0 Å². The molecule has 0 aliphatic carbocycles. The Kier molecular flexibility index (Phi) is 3.92. The maximum Gasteiger partial charge on any atom is 0.359 e. The number of ether oxygens (including phenoxy) is 1. The zero-order chi connectivity index (χ0) is 9.07. The molecular weight excluding hydrogens is 218 g/mol. The lowest BCUT2D eigenvalue weighted by Crippen LogP contribution is -2.24. The molecule has 0 saturated carbocycles.